The molecule has 0 spiro atoms. The van der Waals surface area contributed by atoms with E-state index in [1.807, 2.05) is 0 Å². The second-order valence-electron chi connectivity index (χ2n) is 4.64. The lowest BCUT2D eigenvalue weighted by atomic mass is 10.4. The Kier molecular flexibility index (Phi) is 3.32. The first kappa shape index (κ1) is 10.2. The van der Waals surface area contributed by atoms with Crippen LogP contribution in [0.15, 0.2) is 0 Å². The van der Waals surface area contributed by atoms with E-state index in [0.717, 1.165) is 0 Å². The summed E-state index contributed by atoms with van der Waals surface area (Å²) in [6.45, 7) is 8.77. The lowest BCUT2D eigenvalue weighted by Crippen LogP contribution is -2.50. The maximum Gasteiger partial charge on any atom is 0.122 e. The Morgan fingerprint density at radius 2 is 1.67 bits per heavy atom. The van der Waals surface area contributed by atoms with Gasteiger partial charge in [-0.15, -0.1) is 0 Å². The molecule has 0 saturated carbocycles. The molecule has 2 nitrogen and oxygen atoms in total. The predicted molar refractivity (Wildman–Crippen MR) is 57.0 cm³/mol. The van der Waals surface area contributed by atoms with Gasteiger partial charge in [0.25, 0.3) is 0 Å². The van der Waals surface area contributed by atoms with Crippen molar-refractivity contribution in [3.05, 3.63) is 0 Å². The maximum atomic E-state index is 2.61. The molecule has 1 saturated heterocycles. The highest BCUT2D eigenvalue weighted by Gasteiger charge is 2.27. The Morgan fingerprint density at radius 3 is 2.33 bits per heavy atom. The van der Waals surface area contributed by atoms with Gasteiger partial charge in [-0.1, -0.05) is 13.1 Å². The topological polar surface area (TPSA) is 6.48 Å². The van der Waals surface area contributed by atoms with Gasteiger partial charge in [0.05, 0.1) is 0 Å². The molecule has 0 radical (unpaired) electrons. The highest BCUT2D eigenvalue weighted by Crippen LogP contribution is 2.17. The van der Waals surface area contributed by atoms with E-state index in [1.165, 1.54) is 32.1 Å². The number of hydrogen-bond acceptors (Lipinski definition) is 2. The van der Waals surface area contributed by atoms with E-state index in [-0.39, 0.29) is 0 Å². The molecule has 0 amide bonds. The van der Waals surface area contributed by atoms with Gasteiger partial charge in [-0.3, -0.25) is 0 Å². The largest absolute Gasteiger partial charge is 0.325 e. The summed E-state index contributed by atoms with van der Waals surface area (Å²) >= 11 is 0. The fraction of sp³-hybridized carbons (Fsp3) is 1.00. The van der Waals surface area contributed by atoms with Crippen LogP contribution < -0.4 is 0 Å². The van der Waals surface area contributed by atoms with Gasteiger partial charge in [0.1, 0.15) is 8.24 Å². The molecule has 1 heterocycles. The van der Waals surface area contributed by atoms with Gasteiger partial charge >= 0.3 is 0 Å². The number of likely N-dealkylation sites (N-methyl/N-ethyl adjacent to an activating group) is 2. The zero-order valence-corrected chi connectivity index (χ0v) is 9.93. The molecule has 0 aliphatic carbocycles. The summed E-state index contributed by atoms with van der Waals surface area (Å²) in [5, 5.41) is 0. The molecule has 0 aromatic carbocycles. The van der Waals surface area contributed by atoms with E-state index in [1.54, 1.807) is 0 Å². The summed E-state index contributed by atoms with van der Waals surface area (Å²) in [4.78, 5) is 2.44. The molecule has 72 valence electrons. The molecule has 0 unspecified atom stereocenters. The summed E-state index contributed by atoms with van der Waals surface area (Å²) < 4.78 is 2.61. The van der Waals surface area contributed by atoms with Gasteiger partial charge in [-0.25, -0.2) is 0 Å². The van der Waals surface area contributed by atoms with Crippen LogP contribution in [0, 0.1) is 0 Å². The zero-order valence-electron chi connectivity index (χ0n) is 8.93. The Bertz CT molecular complexity index is 147. The quantitative estimate of drug-likeness (QED) is 0.529. The molecule has 0 aromatic rings. The summed E-state index contributed by atoms with van der Waals surface area (Å²) in [5.41, 5.74) is 0. The first-order chi connectivity index (χ1) is 5.52. The van der Waals surface area contributed by atoms with Gasteiger partial charge in [0, 0.05) is 13.1 Å². The second-order valence-corrected chi connectivity index (χ2v) is 9.53. The van der Waals surface area contributed by atoms with Crippen LogP contribution >= 0.6 is 0 Å². The van der Waals surface area contributed by atoms with Crippen molar-refractivity contribution in [2.75, 3.05) is 33.7 Å². The normalized spacial score (nSPS) is 28.0. The monoisotopic (exact) mass is 186 g/mol. The zero-order chi connectivity index (χ0) is 9.19. The summed E-state index contributed by atoms with van der Waals surface area (Å²) in [7, 11) is 3.53. The van der Waals surface area contributed by atoms with Crippen LogP contribution in [0.1, 0.15) is 6.42 Å². The lowest BCUT2D eigenvalue weighted by molar-refractivity contribution is 0.292. The summed E-state index contributed by atoms with van der Waals surface area (Å²) in [5.74, 6) is 0. The Hall–Kier alpha value is 0.137. The first-order valence-corrected chi connectivity index (χ1v) is 8.07. The van der Waals surface area contributed by atoms with E-state index >= 15 is 0 Å². The third-order valence-corrected chi connectivity index (χ3v) is 7.05. The molecule has 0 aromatic heterocycles. The predicted octanol–water partition coefficient (Wildman–Crippen LogP) is 1.46. The number of nitrogens with zero attached hydrogens (tertiary/aromatic N) is 2. The maximum absolute atomic E-state index is 2.61. The van der Waals surface area contributed by atoms with Crippen molar-refractivity contribution in [3.63, 3.8) is 0 Å². The average Bonchev–Trinajstić information content (AvgIpc) is 1.98. The minimum Gasteiger partial charge on any atom is -0.325 e. The van der Waals surface area contributed by atoms with E-state index in [0.29, 0.717) is 0 Å². The SMILES string of the molecule is CN1CCC[Si](C)(C)N(C)CC1. The standard InChI is InChI=1S/C9H22N2Si/c1-10-6-5-9-12(3,4)11(2)8-7-10/h5-9H2,1-4H3. The van der Waals surface area contributed by atoms with E-state index in [2.05, 4.69) is 36.7 Å². The fourth-order valence-electron chi connectivity index (χ4n) is 1.71. The molecule has 1 fully saturated rings. The fourth-order valence-corrected chi connectivity index (χ4v) is 3.82. The molecular formula is C9H22N2Si. The van der Waals surface area contributed by atoms with Crippen molar-refractivity contribution < 1.29 is 0 Å². The van der Waals surface area contributed by atoms with E-state index in [4.69, 9.17) is 0 Å². The van der Waals surface area contributed by atoms with E-state index in [9.17, 15) is 0 Å². The molecule has 1 aliphatic heterocycles. The summed E-state index contributed by atoms with van der Waals surface area (Å²) in [6, 6.07) is 1.45. The third kappa shape index (κ3) is 2.57. The smallest absolute Gasteiger partial charge is 0.122 e. The van der Waals surface area contributed by atoms with Gasteiger partial charge in [-0.05, 0) is 33.1 Å². The van der Waals surface area contributed by atoms with Crippen molar-refractivity contribution in [1.29, 1.82) is 0 Å². The molecule has 0 atom stereocenters. The van der Waals surface area contributed by atoms with Crippen molar-refractivity contribution in [2.24, 2.45) is 0 Å². The van der Waals surface area contributed by atoms with Crippen molar-refractivity contribution in [2.45, 2.75) is 25.6 Å². The number of hydrogen-bond donors (Lipinski definition) is 0. The summed E-state index contributed by atoms with van der Waals surface area (Å²) in [6.07, 6.45) is 1.39. The average molecular weight is 186 g/mol. The number of rotatable bonds is 0. The molecular weight excluding hydrogens is 164 g/mol. The third-order valence-electron chi connectivity index (χ3n) is 3.18. The molecule has 1 aliphatic rings. The molecule has 0 bridgehead atoms. The van der Waals surface area contributed by atoms with Gasteiger partial charge in [0.2, 0.25) is 0 Å². The van der Waals surface area contributed by atoms with Crippen LogP contribution in [0.3, 0.4) is 0 Å². The van der Waals surface area contributed by atoms with Crippen LogP contribution in [0.25, 0.3) is 0 Å². The van der Waals surface area contributed by atoms with Crippen LogP contribution in [0.2, 0.25) is 19.1 Å². The van der Waals surface area contributed by atoms with Gasteiger partial charge < -0.3 is 9.47 Å². The molecule has 12 heavy (non-hydrogen) atoms. The molecule has 0 N–H and O–H groups in total. The second kappa shape index (κ2) is 3.90. The highest BCUT2D eigenvalue weighted by molar-refractivity contribution is 6.74. The Morgan fingerprint density at radius 1 is 1.00 bits per heavy atom. The molecule has 3 heteroatoms. The van der Waals surface area contributed by atoms with Crippen LogP contribution in [0.5, 0.6) is 0 Å². The van der Waals surface area contributed by atoms with Crippen molar-refractivity contribution in [3.8, 4) is 0 Å². The molecule has 1 rings (SSSR count). The minimum absolute atomic E-state index is 0.999. The highest BCUT2D eigenvalue weighted by atomic mass is 28.3. The van der Waals surface area contributed by atoms with Crippen molar-refractivity contribution in [1.82, 2.24) is 9.47 Å². The van der Waals surface area contributed by atoms with Crippen LogP contribution in [0.4, 0.5) is 0 Å². The minimum atomic E-state index is -0.999. The van der Waals surface area contributed by atoms with Crippen LogP contribution in [-0.2, 0) is 0 Å². The van der Waals surface area contributed by atoms with E-state index < -0.39 is 8.24 Å². The first-order valence-electron chi connectivity index (χ1n) is 4.92. The Balaban J connectivity index is 2.50. The van der Waals surface area contributed by atoms with Crippen molar-refractivity contribution >= 4 is 8.24 Å². The lowest BCUT2D eigenvalue weighted by Gasteiger charge is -2.37. The van der Waals surface area contributed by atoms with Gasteiger partial charge in [0.15, 0.2) is 0 Å². The van der Waals surface area contributed by atoms with Gasteiger partial charge in [-0.2, -0.15) is 0 Å². The Labute approximate surface area is 77.6 Å². The van der Waals surface area contributed by atoms with Crippen LogP contribution in [-0.4, -0.2) is 51.4 Å².